The van der Waals surface area contributed by atoms with E-state index in [4.69, 9.17) is 11.6 Å². The number of halogens is 3. The molecule has 1 aliphatic rings. The van der Waals surface area contributed by atoms with Gasteiger partial charge in [0.05, 0.1) is 0 Å². The van der Waals surface area contributed by atoms with Crippen molar-refractivity contribution in [3.8, 4) is 0 Å². The Morgan fingerprint density at radius 1 is 1.44 bits per heavy atom. The highest BCUT2D eigenvalue weighted by atomic mass is 79.9. The quantitative estimate of drug-likeness (QED) is 0.834. The van der Waals surface area contributed by atoms with E-state index in [9.17, 15) is 9.18 Å². The monoisotopic (exact) mass is 333 g/mol. The number of alkyl halides is 1. The van der Waals surface area contributed by atoms with Crippen LogP contribution in [0.5, 0.6) is 0 Å². The van der Waals surface area contributed by atoms with Gasteiger partial charge in [-0.1, -0.05) is 28.8 Å². The summed E-state index contributed by atoms with van der Waals surface area (Å²) < 4.78 is 13.8. The molecule has 0 spiro atoms. The summed E-state index contributed by atoms with van der Waals surface area (Å²) in [6.07, 6.45) is 4.28. The standard InChI is InChI=1S/C13H14BrClFNO/c14-11-6-5-8(16)7-10(11)12(15)13(18)17-9-3-1-2-4-9/h5-7,9,12H,1-4H2,(H,17,18). The molecule has 98 valence electrons. The van der Waals surface area contributed by atoms with Crippen LogP contribution in [0, 0.1) is 5.82 Å². The molecule has 1 amide bonds. The van der Waals surface area contributed by atoms with Crippen LogP contribution in [0.25, 0.3) is 0 Å². The van der Waals surface area contributed by atoms with E-state index in [-0.39, 0.29) is 11.9 Å². The average Bonchev–Trinajstić information content (AvgIpc) is 2.84. The molecule has 2 rings (SSSR count). The maximum absolute atomic E-state index is 13.2. The van der Waals surface area contributed by atoms with Gasteiger partial charge in [0.25, 0.3) is 0 Å². The Balaban J connectivity index is 2.07. The van der Waals surface area contributed by atoms with Crippen molar-refractivity contribution in [3.63, 3.8) is 0 Å². The third-order valence-corrected chi connectivity index (χ3v) is 4.32. The lowest BCUT2D eigenvalue weighted by atomic mass is 10.1. The van der Waals surface area contributed by atoms with Gasteiger partial charge in [-0.2, -0.15) is 0 Å². The number of rotatable bonds is 3. The Morgan fingerprint density at radius 3 is 2.78 bits per heavy atom. The second kappa shape index (κ2) is 6.02. The predicted octanol–water partition coefficient (Wildman–Crippen LogP) is 3.93. The van der Waals surface area contributed by atoms with Crippen LogP contribution in [-0.2, 0) is 4.79 Å². The van der Waals surface area contributed by atoms with Crippen molar-refractivity contribution < 1.29 is 9.18 Å². The van der Waals surface area contributed by atoms with Crippen molar-refractivity contribution in [2.75, 3.05) is 0 Å². The molecule has 2 nitrogen and oxygen atoms in total. The highest BCUT2D eigenvalue weighted by molar-refractivity contribution is 9.10. The van der Waals surface area contributed by atoms with Crippen LogP contribution in [0.3, 0.4) is 0 Å². The van der Waals surface area contributed by atoms with Gasteiger partial charge < -0.3 is 5.32 Å². The average molecular weight is 335 g/mol. The number of amides is 1. The molecule has 0 radical (unpaired) electrons. The molecule has 0 saturated heterocycles. The summed E-state index contributed by atoms with van der Waals surface area (Å²) in [7, 11) is 0. The van der Waals surface area contributed by atoms with Crippen LogP contribution in [0.2, 0.25) is 0 Å². The zero-order valence-electron chi connectivity index (χ0n) is 9.76. The fourth-order valence-electron chi connectivity index (χ4n) is 2.19. The fraction of sp³-hybridized carbons (Fsp3) is 0.462. The molecule has 0 aliphatic heterocycles. The molecular formula is C13H14BrClFNO. The van der Waals surface area contributed by atoms with Crippen LogP contribution in [-0.4, -0.2) is 11.9 Å². The number of benzene rings is 1. The molecule has 0 aromatic heterocycles. The third kappa shape index (κ3) is 3.23. The van der Waals surface area contributed by atoms with Gasteiger partial charge in [-0.05, 0) is 36.6 Å². The minimum absolute atomic E-state index is 0.214. The lowest BCUT2D eigenvalue weighted by molar-refractivity contribution is -0.121. The molecular weight excluding hydrogens is 321 g/mol. The summed E-state index contributed by atoms with van der Waals surface area (Å²) in [5, 5.41) is 2.04. The number of hydrogen-bond acceptors (Lipinski definition) is 1. The first-order valence-corrected chi connectivity index (χ1v) is 7.20. The third-order valence-electron chi connectivity index (χ3n) is 3.16. The molecule has 0 bridgehead atoms. The molecule has 1 aromatic rings. The molecule has 18 heavy (non-hydrogen) atoms. The first-order chi connectivity index (χ1) is 8.58. The van der Waals surface area contributed by atoms with E-state index in [2.05, 4.69) is 21.2 Å². The zero-order chi connectivity index (χ0) is 13.1. The Morgan fingerprint density at radius 2 is 2.11 bits per heavy atom. The van der Waals surface area contributed by atoms with Gasteiger partial charge >= 0.3 is 0 Å². The van der Waals surface area contributed by atoms with Crippen LogP contribution in [0.1, 0.15) is 36.6 Å². The van der Waals surface area contributed by atoms with Crippen LogP contribution >= 0.6 is 27.5 Å². The largest absolute Gasteiger partial charge is 0.352 e. The van der Waals surface area contributed by atoms with Crippen molar-refractivity contribution in [1.82, 2.24) is 5.32 Å². The highest BCUT2D eigenvalue weighted by Crippen LogP contribution is 2.29. The van der Waals surface area contributed by atoms with Crippen molar-refractivity contribution in [1.29, 1.82) is 0 Å². The lowest BCUT2D eigenvalue weighted by Gasteiger charge is -2.16. The van der Waals surface area contributed by atoms with Crippen LogP contribution in [0.4, 0.5) is 4.39 Å². The first kappa shape index (κ1) is 13.8. The molecule has 0 heterocycles. The van der Waals surface area contributed by atoms with E-state index in [1.165, 1.54) is 12.1 Å². The molecule has 5 heteroatoms. The van der Waals surface area contributed by atoms with Gasteiger partial charge in [-0.15, -0.1) is 11.6 Å². The van der Waals surface area contributed by atoms with Crippen molar-refractivity contribution in [2.45, 2.75) is 37.1 Å². The Kier molecular flexibility index (Phi) is 4.62. The predicted molar refractivity (Wildman–Crippen MR) is 73.1 cm³/mol. The second-order valence-electron chi connectivity index (χ2n) is 4.52. The molecule has 1 aliphatic carbocycles. The summed E-state index contributed by atoms with van der Waals surface area (Å²) in [5.74, 6) is -0.651. The van der Waals surface area contributed by atoms with Gasteiger partial charge in [0.1, 0.15) is 11.2 Å². The highest BCUT2D eigenvalue weighted by Gasteiger charge is 2.24. The number of nitrogens with one attached hydrogen (secondary N) is 1. The van der Waals surface area contributed by atoms with Gasteiger partial charge in [-0.3, -0.25) is 4.79 Å². The summed E-state index contributed by atoms with van der Waals surface area (Å²) >= 11 is 9.38. The first-order valence-electron chi connectivity index (χ1n) is 5.97. The van der Waals surface area contributed by atoms with Crippen LogP contribution in [0.15, 0.2) is 22.7 Å². The smallest absolute Gasteiger partial charge is 0.242 e. The molecule has 1 unspecified atom stereocenters. The Bertz CT molecular complexity index is 449. The number of carbonyl (C=O) groups excluding carboxylic acids is 1. The minimum Gasteiger partial charge on any atom is -0.352 e. The van der Waals surface area contributed by atoms with E-state index in [0.29, 0.717) is 10.0 Å². The normalized spacial score (nSPS) is 17.7. The lowest BCUT2D eigenvalue weighted by Crippen LogP contribution is -2.35. The molecule has 1 fully saturated rings. The second-order valence-corrected chi connectivity index (χ2v) is 5.81. The fourth-order valence-corrected chi connectivity index (χ4v) is 3.05. The van der Waals surface area contributed by atoms with E-state index in [1.54, 1.807) is 6.07 Å². The van der Waals surface area contributed by atoms with E-state index in [0.717, 1.165) is 25.7 Å². The van der Waals surface area contributed by atoms with Crippen molar-refractivity contribution >= 4 is 33.4 Å². The number of hydrogen-bond donors (Lipinski definition) is 1. The topological polar surface area (TPSA) is 29.1 Å². The summed E-state index contributed by atoms with van der Waals surface area (Å²) in [5.41, 5.74) is 0.465. The van der Waals surface area contributed by atoms with Gasteiger partial charge in [0.2, 0.25) is 5.91 Å². The minimum atomic E-state index is -0.865. The molecule has 1 N–H and O–H groups in total. The van der Waals surface area contributed by atoms with Gasteiger partial charge in [0, 0.05) is 10.5 Å². The summed E-state index contributed by atoms with van der Waals surface area (Å²) in [6, 6.07) is 4.39. The van der Waals surface area contributed by atoms with E-state index < -0.39 is 11.2 Å². The molecule has 1 aromatic carbocycles. The Hall–Kier alpha value is -0.610. The molecule has 1 atom stereocenters. The number of carbonyl (C=O) groups is 1. The van der Waals surface area contributed by atoms with E-state index in [1.807, 2.05) is 0 Å². The zero-order valence-corrected chi connectivity index (χ0v) is 12.1. The van der Waals surface area contributed by atoms with Crippen molar-refractivity contribution in [2.24, 2.45) is 0 Å². The maximum atomic E-state index is 13.2. The molecule has 1 saturated carbocycles. The maximum Gasteiger partial charge on any atom is 0.242 e. The van der Waals surface area contributed by atoms with E-state index >= 15 is 0 Å². The summed E-state index contributed by atoms with van der Waals surface area (Å²) in [4.78, 5) is 12.0. The van der Waals surface area contributed by atoms with Gasteiger partial charge in [0.15, 0.2) is 0 Å². The summed E-state index contributed by atoms with van der Waals surface area (Å²) in [6.45, 7) is 0. The van der Waals surface area contributed by atoms with Crippen molar-refractivity contribution in [3.05, 3.63) is 34.1 Å². The van der Waals surface area contributed by atoms with Gasteiger partial charge in [-0.25, -0.2) is 4.39 Å². The SMILES string of the molecule is O=C(NC1CCCC1)C(Cl)c1cc(F)ccc1Br. The van der Waals surface area contributed by atoms with Crippen LogP contribution < -0.4 is 5.32 Å². The Labute approximate surface area is 119 Å².